The molecule has 2 aliphatic heterocycles. The van der Waals surface area contributed by atoms with Crippen LogP contribution in [0.5, 0.6) is 0 Å². The van der Waals surface area contributed by atoms with Gasteiger partial charge >= 0.3 is 0 Å². The summed E-state index contributed by atoms with van der Waals surface area (Å²) in [7, 11) is 0. The molecule has 2 saturated carbocycles. The molecule has 11 heteroatoms. The molecule has 0 saturated heterocycles. The van der Waals surface area contributed by atoms with Crippen LogP contribution in [0.15, 0.2) is 157 Å². The molecule has 13 rings (SSSR count). The molecule has 5 aromatic heterocycles. The van der Waals surface area contributed by atoms with Crippen LogP contribution in [-0.4, -0.2) is 34.1 Å². The fraction of sp³-hybridized carbons (Fsp3) is 0.170. The van der Waals surface area contributed by atoms with E-state index in [1.54, 1.807) is 0 Å². The lowest BCUT2D eigenvalue weighted by Crippen LogP contribution is -2.43. The number of nitrogens with two attached hydrogens (primary N) is 1. The Bertz CT molecular complexity index is 3210. The molecule has 0 atom stereocenters. The number of hydrogen-bond donors (Lipinski definition) is 4. The van der Waals surface area contributed by atoms with Gasteiger partial charge in [0, 0.05) is 58.1 Å². The van der Waals surface area contributed by atoms with E-state index in [1.807, 2.05) is 61.2 Å². The van der Waals surface area contributed by atoms with Crippen LogP contribution >= 0.6 is 15.9 Å². The summed E-state index contributed by atoms with van der Waals surface area (Å²) < 4.78 is 5.29. The molecule has 2 fully saturated rings. The average molecular weight is 902 g/mol. The second-order valence-electron chi connectivity index (χ2n) is 17.6. The number of para-hydroxylation sites is 2. The Morgan fingerprint density at radius 1 is 0.578 bits per heavy atom. The zero-order chi connectivity index (χ0) is 43.0. The molecule has 2 aliphatic carbocycles. The summed E-state index contributed by atoms with van der Waals surface area (Å²) in [6.07, 6.45) is 14.7. The molecule has 0 amide bonds. The van der Waals surface area contributed by atoms with Crippen molar-refractivity contribution in [3.05, 3.63) is 168 Å². The van der Waals surface area contributed by atoms with Crippen LogP contribution in [0.25, 0.3) is 67.9 Å². The van der Waals surface area contributed by atoms with E-state index in [1.165, 1.54) is 36.8 Å². The van der Waals surface area contributed by atoms with Crippen molar-refractivity contribution in [2.75, 3.05) is 10.6 Å². The van der Waals surface area contributed by atoms with E-state index in [0.717, 1.165) is 108 Å². The first-order chi connectivity index (χ1) is 31.4. The molecular weight excluding hydrogens is 857 g/mol. The molecule has 0 radical (unpaired) electrons. The lowest BCUT2D eigenvalue weighted by molar-refractivity contribution is 0.253. The quantitative estimate of drug-likeness (QED) is 0.135. The predicted molar refractivity (Wildman–Crippen MR) is 259 cm³/mol. The number of rotatable bonds is 5. The van der Waals surface area contributed by atoms with Gasteiger partial charge in [-0.2, -0.15) is 0 Å². The van der Waals surface area contributed by atoms with E-state index in [9.17, 15) is 0 Å². The molecule has 7 heterocycles. The summed E-state index contributed by atoms with van der Waals surface area (Å²) in [6.45, 7) is 2.37. The minimum Gasteiger partial charge on any atom is -0.367 e. The highest BCUT2D eigenvalue weighted by molar-refractivity contribution is 9.10. The van der Waals surface area contributed by atoms with Crippen molar-refractivity contribution >= 4 is 38.9 Å². The van der Waals surface area contributed by atoms with Crippen LogP contribution in [0.4, 0.5) is 23.0 Å². The largest absolute Gasteiger partial charge is 0.367 e. The van der Waals surface area contributed by atoms with Crippen molar-refractivity contribution < 1.29 is 0 Å². The molecular formula is C53H45BrN10. The van der Waals surface area contributed by atoms with E-state index >= 15 is 0 Å². The van der Waals surface area contributed by atoms with E-state index in [0.29, 0.717) is 5.41 Å². The van der Waals surface area contributed by atoms with Gasteiger partial charge in [0.1, 0.15) is 16.3 Å². The van der Waals surface area contributed by atoms with Crippen molar-refractivity contribution in [3.63, 3.8) is 0 Å². The number of pyridine rings is 2. The maximum absolute atomic E-state index is 6.61. The smallest absolute Gasteiger partial charge is 0.154 e. The maximum atomic E-state index is 6.61. The zero-order valence-electron chi connectivity index (χ0n) is 35.3. The molecule has 4 aliphatic rings. The second-order valence-corrected chi connectivity index (χ2v) is 18.4. The van der Waals surface area contributed by atoms with Gasteiger partial charge in [-0.1, -0.05) is 86.1 Å². The Balaban J connectivity index is 0.000000136. The summed E-state index contributed by atoms with van der Waals surface area (Å²) in [6, 6.07) is 44.5. The fourth-order valence-corrected chi connectivity index (χ4v) is 10.4. The van der Waals surface area contributed by atoms with Gasteiger partial charge in [-0.05, 0) is 119 Å². The van der Waals surface area contributed by atoms with Crippen LogP contribution in [0.3, 0.4) is 0 Å². The number of fused-ring (bicyclic) bond motifs is 10. The van der Waals surface area contributed by atoms with Crippen LogP contribution in [0, 0.1) is 0 Å². The SMILES string of the molecule is CC1(c2ccc(-c3c(Br)nc4n3-c3cccnc3Nc3ccccc3-4)cc2)CCC1.NC1(c2ccc(-c3c(-c4cc[nH]c4)nc4n3-c3cccnc3Nc3ccccc3-4)cc2)CCC1. The molecule has 4 aromatic carbocycles. The number of halogens is 1. The second kappa shape index (κ2) is 15.0. The normalized spacial score (nSPS) is 15.5. The number of nitrogens with one attached hydrogen (secondary N) is 3. The number of H-pyrrole nitrogens is 1. The van der Waals surface area contributed by atoms with E-state index in [4.69, 9.17) is 15.7 Å². The Morgan fingerprint density at radius 3 is 1.67 bits per heavy atom. The van der Waals surface area contributed by atoms with Crippen LogP contribution in [-0.2, 0) is 11.0 Å². The molecule has 0 bridgehead atoms. The van der Waals surface area contributed by atoms with Gasteiger partial charge in [-0.25, -0.2) is 19.9 Å². The Morgan fingerprint density at radius 2 is 1.12 bits per heavy atom. The standard InChI is InChI=1S/C28H24N6.C25H21BrN4/c29-28(13-4-14-28)20-10-8-18(9-11-20)25-24(19-12-16-30-17-19)33-27-21-5-1-2-6-22(21)32-26-23(34(25)27)7-3-15-31-26;1-25(13-5-14-25)17-11-9-16(10-12-17)21-22(26)29-24-18-6-2-3-7-19(18)28-23-20(30(21)24)8-4-15-27-23/h1-3,5-12,15-17,30H,4,13-14,29H2,(H,31,32);2-4,6-12,15H,5,13-14H2,1H3,(H,27,28). The van der Waals surface area contributed by atoms with Gasteiger partial charge in [-0.15, -0.1) is 0 Å². The number of anilines is 4. The van der Waals surface area contributed by atoms with E-state index in [2.05, 4.69) is 149 Å². The first-order valence-corrected chi connectivity index (χ1v) is 22.8. The summed E-state index contributed by atoms with van der Waals surface area (Å²) in [5.74, 6) is 3.43. The van der Waals surface area contributed by atoms with Gasteiger partial charge < -0.3 is 21.4 Å². The summed E-state index contributed by atoms with van der Waals surface area (Å²) in [5.41, 5.74) is 21.7. The number of nitrogens with zero attached hydrogens (tertiary/aromatic N) is 6. The van der Waals surface area contributed by atoms with E-state index in [-0.39, 0.29) is 5.54 Å². The first-order valence-electron chi connectivity index (χ1n) is 22.0. The predicted octanol–water partition coefficient (Wildman–Crippen LogP) is 12.9. The van der Waals surface area contributed by atoms with Gasteiger partial charge in [-0.3, -0.25) is 9.13 Å². The molecule has 10 nitrogen and oxygen atoms in total. The molecule has 314 valence electrons. The van der Waals surface area contributed by atoms with Gasteiger partial charge in [0.25, 0.3) is 0 Å². The third-order valence-electron chi connectivity index (χ3n) is 13.8. The number of aromatic amines is 1. The Kier molecular flexibility index (Phi) is 9.06. The monoisotopic (exact) mass is 900 g/mol. The molecule has 0 unspecified atom stereocenters. The molecule has 0 spiro atoms. The van der Waals surface area contributed by atoms with Crippen LogP contribution in [0.2, 0.25) is 0 Å². The third-order valence-corrected chi connectivity index (χ3v) is 14.3. The molecule has 9 aromatic rings. The zero-order valence-corrected chi connectivity index (χ0v) is 36.9. The van der Waals surface area contributed by atoms with Gasteiger partial charge in [0.05, 0.1) is 39.8 Å². The highest BCUT2D eigenvalue weighted by Gasteiger charge is 2.36. The number of imidazole rings is 2. The molecule has 5 N–H and O–H groups in total. The lowest BCUT2D eigenvalue weighted by Gasteiger charge is -2.39. The van der Waals surface area contributed by atoms with Gasteiger partial charge in [0.2, 0.25) is 0 Å². The number of hydrogen-bond acceptors (Lipinski definition) is 7. The molecule has 64 heavy (non-hydrogen) atoms. The first kappa shape index (κ1) is 38.6. The highest BCUT2D eigenvalue weighted by atomic mass is 79.9. The van der Waals surface area contributed by atoms with Crippen molar-refractivity contribution in [1.29, 1.82) is 0 Å². The summed E-state index contributed by atoms with van der Waals surface area (Å²) in [4.78, 5) is 22.6. The average Bonchev–Trinajstić information content (AvgIpc) is 4.03. The van der Waals surface area contributed by atoms with Crippen molar-refractivity contribution in [1.82, 2.24) is 34.1 Å². The fourth-order valence-electron chi connectivity index (χ4n) is 9.84. The Labute approximate surface area is 379 Å². The number of benzene rings is 4. The van der Waals surface area contributed by atoms with E-state index < -0.39 is 0 Å². The van der Waals surface area contributed by atoms with Crippen molar-refractivity contribution in [3.8, 4) is 67.9 Å². The minimum absolute atomic E-state index is 0.185. The third kappa shape index (κ3) is 6.24. The van der Waals surface area contributed by atoms with Crippen molar-refractivity contribution in [2.24, 2.45) is 5.73 Å². The van der Waals surface area contributed by atoms with Crippen molar-refractivity contribution in [2.45, 2.75) is 56.4 Å². The maximum Gasteiger partial charge on any atom is 0.154 e. The lowest BCUT2D eigenvalue weighted by atomic mass is 9.66. The highest BCUT2D eigenvalue weighted by Crippen LogP contribution is 2.48. The van der Waals surface area contributed by atoms with Crippen LogP contribution in [0.1, 0.15) is 56.6 Å². The number of aromatic nitrogens is 7. The van der Waals surface area contributed by atoms with Crippen LogP contribution < -0.4 is 16.4 Å². The Hall–Kier alpha value is -7.08. The topological polar surface area (TPSA) is 127 Å². The summed E-state index contributed by atoms with van der Waals surface area (Å²) in [5, 5.41) is 7.01. The minimum atomic E-state index is -0.185. The van der Waals surface area contributed by atoms with Gasteiger partial charge in [0.15, 0.2) is 11.6 Å². The summed E-state index contributed by atoms with van der Waals surface area (Å²) >= 11 is 3.75.